The highest BCUT2D eigenvalue weighted by Gasteiger charge is 2.08. The molecule has 0 aliphatic heterocycles. The molecule has 0 aliphatic rings. The lowest BCUT2D eigenvalue weighted by molar-refractivity contribution is -0.385. The van der Waals surface area contributed by atoms with E-state index in [4.69, 9.17) is 5.11 Å². The maximum Gasteiger partial charge on any atom is 0.305 e. The van der Waals surface area contributed by atoms with Crippen molar-refractivity contribution in [3.05, 3.63) is 22.5 Å². The van der Waals surface area contributed by atoms with E-state index < -0.39 is 10.9 Å². The first kappa shape index (κ1) is 14.8. The summed E-state index contributed by atoms with van der Waals surface area (Å²) in [4.78, 5) is 27.9. The quantitative estimate of drug-likeness (QED) is 0.543. The van der Waals surface area contributed by atoms with E-state index >= 15 is 0 Å². The van der Waals surface area contributed by atoms with Crippen molar-refractivity contribution in [1.29, 1.82) is 0 Å². The molecule has 0 aliphatic carbocycles. The molecule has 2 N–H and O–H groups in total. The van der Waals surface area contributed by atoms with Gasteiger partial charge in [0.25, 0.3) is 0 Å². The fourth-order valence-electron chi connectivity index (χ4n) is 1.45. The van der Waals surface area contributed by atoms with Gasteiger partial charge in [0.2, 0.25) is 5.95 Å². The molecule has 19 heavy (non-hydrogen) atoms. The van der Waals surface area contributed by atoms with Gasteiger partial charge in [-0.1, -0.05) is 6.92 Å². The molecular weight excluding hydrogens is 252 g/mol. The normalized spacial score (nSPS) is 11.8. The average molecular weight is 268 g/mol. The average Bonchev–Trinajstić information content (AvgIpc) is 2.37. The zero-order valence-electron chi connectivity index (χ0n) is 10.6. The second-order valence-corrected chi connectivity index (χ2v) is 4.28. The Hall–Kier alpha value is -2.25. The van der Waals surface area contributed by atoms with E-state index in [-0.39, 0.29) is 18.0 Å². The summed E-state index contributed by atoms with van der Waals surface area (Å²) in [5.74, 6) is -0.184. The molecule has 0 aromatic carbocycles. The van der Waals surface area contributed by atoms with Crippen LogP contribution in [-0.2, 0) is 4.79 Å². The molecule has 0 saturated carbocycles. The smallest absolute Gasteiger partial charge is 0.305 e. The summed E-state index contributed by atoms with van der Waals surface area (Å²) in [6, 6.07) is 0. The molecule has 1 atom stereocenters. The van der Waals surface area contributed by atoms with Crippen LogP contribution in [0, 0.1) is 16.0 Å². The Morgan fingerprint density at radius 3 is 2.63 bits per heavy atom. The summed E-state index contributed by atoms with van der Waals surface area (Å²) < 4.78 is 0. The van der Waals surface area contributed by atoms with Crippen molar-refractivity contribution >= 4 is 17.6 Å². The van der Waals surface area contributed by atoms with Gasteiger partial charge in [-0.2, -0.15) is 0 Å². The van der Waals surface area contributed by atoms with Crippen LogP contribution in [0.25, 0.3) is 0 Å². The van der Waals surface area contributed by atoms with Crippen LogP contribution in [0.2, 0.25) is 0 Å². The molecule has 0 fully saturated rings. The molecule has 0 spiro atoms. The standard InChI is InChI=1S/C11H16N4O4/c1-8(2-3-10(16)17)4-5-12-11-13-6-9(7-14-11)15(18)19/h6-8H,2-5H2,1H3,(H,16,17)(H,12,13,14). The van der Waals surface area contributed by atoms with Crippen molar-refractivity contribution in [3.63, 3.8) is 0 Å². The predicted octanol–water partition coefficient (Wildman–Crippen LogP) is 1.69. The van der Waals surface area contributed by atoms with Gasteiger partial charge in [-0.3, -0.25) is 14.9 Å². The van der Waals surface area contributed by atoms with Gasteiger partial charge < -0.3 is 10.4 Å². The second kappa shape index (κ2) is 7.24. The molecule has 0 bridgehead atoms. The first-order chi connectivity index (χ1) is 8.99. The number of carboxylic acids is 1. The Kier molecular flexibility index (Phi) is 5.65. The second-order valence-electron chi connectivity index (χ2n) is 4.28. The minimum absolute atomic E-state index is 0.152. The number of anilines is 1. The van der Waals surface area contributed by atoms with Gasteiger partial charge in [0.15, 0.2) is 0 Å². The summed E-state index contributed by atoms with van der Waals surface area (Å²) in [7, 11) is 0. The van der Waals surface area contributed by atoms with Gasteiger partial charge in [-0.25, -0.2) is 9.97 Å². The summed E-state index contributed by atoms with van der Waals surface area (Å²) in [6.07, 6.45) is 3.85. The van der Waals surface area contributed by atoms with Crippen LogP contribution >= 0.6 is 0 Å². The molecule has 8 heteroatoms. The van der Waals surface area contributed by atoms with E-state index in [0.717, 1.165) is 18.8 Å². The molecule has 1 unspecified atom stereocenters. The number of nitro groups is 1. The van der Waals surface area contributed by atoms with Crippen LogP contribution in [0.3, 0.4) is 0 Å². The molecule has 0 saturated heterocycles. The molecule has 1 aromatic heterocycles. The first-order valence-electron chi connectivity index (χ1n) is 5.91. The highest BCUT2D eigenvalue weighted by atomic mass is 16.6. The van der Waals surface area contributed by atoms with E-state index in [1.54, 1.807) is 0 Å². The van der Waals surface area contributed by atoms with E-state index in [1.807, 2.05) is 6.92 Å². The summed E-state index contributed by atoms with van der Waals surface area (Å²) in [6.45, 7) is 2.57. The van der Waals surface area contributed by atoms with Crippen LogP contribution in [0.4, 0.5) is 11.6 Å². The van der Waals surface area contributed by atoms with Crippen molar-refractivity contribution in [2.75, 3.05) is 11.9 Å². The van der Waals surface area contributed by atoms with E-state index in [0.29, 0.717) is 18.9 Å². The number of rotatable bonds is 8. The molecule has 1 aromatic rings. The van der Waals surface area contributed by atoms with Gasteiger partial charge in [0.05, 0.1) is 4.92 Å². The number of carbonyl (C=O) groups is 1. The number of carboxylic acid groups (broad SMARTS) is 1. The van der Waals surface area contributed by atoms with Crippen LogP contribution in [0.15, 0.2) is 12.4 Å². The van der Waals surface area contributed by atoms with E-state index in [9.17, 15) is 14.9 Å². The monoisotopic (exact) mass is 268 g/mol. The minimum Gasteiger partial charge on any atom is -0.481 e. The maximum atomic E-state index is 10.4. The lowest BCUT2D eigenvalue weighted by Gasteiger charge is -2.10. The highest BCUT2D eigenvalue weighted by Crippen LogP contribution is 2.11. The molecule has 0 amide bonds. The van der Waals surface area contributed by atoms with Gasteiger partial charge in [-0.05, 0) is 18.8 Å². The molecule has 104 valence electrons. The van der Waals surface area contributed by atoms with Crippen molar-refractivity contribution in [1.82, 2.24) is 9.97 Å². The zero-order chi connectivity index (χ0) is 14.3. The largest absolute Gasteiger partial charge is 0.481 e. The Morgan fingerprint density at radius 1 is 1.47 bits per heavy atom. The summed E-state index contributed by atoms with van der Waals surface area (Å²) in [5, 5.41) is 21.9. The Morgan fingerprint density at radius 2 is 2.11 bits per heavy atom. The van der Waals surface area contributed by atoms with Crippen LogP contribution in [0.1, 0.15) is 26.2 Å². The number of aromatic nitrogens is 2. The Bertz CT molecular complexity index is 435. The fourth-order valence-corrected chi connectivity index (χ4v) is 1.45. The predicted molar refractivity (Wildman–Crippen MR) is 67.8 cm³/mol. The van der Waals surface area contributed by atoms with E-state index in [2.05, 4.69) is 15.3 Å². The van der Waals surface area contributed by atoms with Gasteiger partial charge >= 0.3 is 11.7 Å². The Balaban J connectivity index is 2.29. The maximum absolute atomic E-state index is 10.4. The molecule has 0 radical (unpaired) electrons. The van der Waals surface area contributed by atoms with Crippen LogP contribution in [0.5, 0.6) is 0 Å². The highest BCUT2D eigenvalue weighted by molar-refractivity contribution is 5.66. The van der Waals surface area contributed by atoms with Gasteiger partial charge in [0.1, 0.15) is 12.4 Å². The number of hydrogen-bond donors (Lipinski definition) is 2. The van der Waals surface area contributed by atoms with Crippen LogP contribution < -0.4 is 5.32 Å². The van der Waals surface area contributed by atoms with Gasteiger partial charge in [0, 0.05) is 13.0 Å². The van der Waals surface area contributed by atoms with Crippen molar-refractivity contribution in [2.45, 2.75) is 26.2 Å². The molecule has 1 rings (SSSR count). The molecular formula is C11H16N4O4. The third-order valence-corrected chi connectivity index (χ3v) is 2.62. The third kappa shape index (κ3) is 5.75. The van der Waals surface area contributed by atoms with E-state index in [1.165, 1.54) is 0 Å². The third-order valence-electron chi connectivity index (χ3n) is 2.62. The van der Waals surface area contributed by atoms with Crippen molar-refractivity contribution in [2.24, 2.45) is 5.92 Å². The minimum atomic E-state index is -0.793. The van der Waals surface area contributed by atoms with Crippen LogP contribution in [-0.4, -0.2) is 32.5 Å². The number of nitrogens with one attached hydrogen (secondary N) is 1. The summed E-state index contributed by atoms with van der Waals surface area (Å²) in [5.41, 5.74) is -0.152. The fraction of sp³-hybridized carbons (Fsp3) is 0.545. The first-order valence-corrected chi connectivity index (χ1v) is 5.91. The number of hydrogen-bond acceptors (Lipinski definition) is 6. The lowest BCUT2D eigenvalue weighted by Crippen LogP contribution is -2.10. The Labute approximate surface area is 110 Å². The summed E-state index contributed by atoms with van der Waals surface area (Å²) >= 11 is 0. The van der Waals surface area contributed by atoms with Crippen molar-refractivity contribution < 1.29 is 14.8 Å². The topological polar surface area (TPSA) is 118 Å². The van der Waals surface area contributed by atoms with Gasteiger partial charge in [-0.15, -0.1) is 0 Å². The number of aliphatic carboxylic acids is 1. The molecule has 8 nitrogen and oxygen atoms in total. The lowest BCUT2D eigenvalue weighted by atomic mass is 10.0. The zero-order valence-corrected chi connectivity index (χ0v) is 10.6. The number of nitrogens with zero attached hydrogens (tertiary/aromatic N) is 3. The SMILES string of the molecule is CC(CCNc1ncc([N+](=O)[O-])cn1)CCC(=O)O. The van der Waals surface area contributed by atoms with Crippen molar-refractivity contribution in [3.8, 4) is 0 Å². The molecule has 1 heterocycles.